The molecule has 58 valence electrons. The maximum absolute atomic E-state index is 10.2. The second-order valence-electron chi connectivity index (χ2n) is 2.31. The molecule has 0 fully saturated rings. The zero-order chi connectivity index (χ0) is 8.27. The van der Waals surface area contributed by atoms with Crippen molar-refractivity contribution in [3.05, 3.63) is 30.6 Å². The second-order valence-corrected chi connectivity index (χ2v) is 2.31. The van der Waals surface area contributed by atoms with E-state index in [1.807, 2.05) is 6.92 Å². The van der Waals surface area contributed by atoms with E-state index in [0.717, 1.165) is 6.29 Å². The quantitative estimate of drug-likeness (QED) is 0.482. The molecule has 0 amide bonds. The van der Waals surface area contributed by atoms with Crippen molar-refractivity contribution in [3.8, 4) is 0 Å². The fraction of sp³-hybridized carbons (Fsp3) is 0.250. The number of nitrogens with zero attached hydrogens (tertiary/aromatic N) is 2. The number of aldehydes is 1. The number of rotatable bonds is 3. The highest BCUT2D eigenvalue weighted by atomic mass is 16.1. The average molecular weight is 150 g/mol. The third kappa shape index (κ3) is 1.55. The van der Waals surface area contributed by atoms with Crippen LogP contribution in [0.15, 0.2) is 24.9 Å². The standard InChI is InChI=1S/C8H10N2O/c1-3-7(2)10-5-4-8(6-11)9-10/h3-7H,1H2,2H3. The minimum atomic E-state index is 0.142. The van der Waals surface area contributed by atoms with E-state index in [9.17, 15) is 4.79 Å². The molecule has 3 heteroatoms. The van der Waals surface area contributed by atoms with E-state index >= 15 is 0 Å². The minimum absolute atomic E-state index is 0.142. The molecule has 1 aromatic rings. The van der Waals surface area contributed by atoms with Gasteiger partial charge in [0.2, 0.25) is 0 Å². The van der Waals surface area contributed by atoms with Crippen LogP contribution in [0.5, 0.6) is 0 Å². The number of allylic oxidation sites excluding steroid dienone is 1. The first-order chi connectivity index (χ1) is 5.27. The zero-order valence-electron chi connectivity index (χ0n) is 6.40. The van der Waals surface area contributed by atoms with E-state index in [0.29, 0.717) is 5.69 Å². The molecule has 0 saturated heterocycles. The van der Waals surface area contributed by atoms with Crippen LogP contribution in [-0.2, 0) is 0 Å². The van der Waals surface area contributed by atoms with Crippen LogP contribution in [0, 0.1) is 0 Å². The van der Waals surface area contributed by atoms with Gasteiger partial charge < -0.3 is 0 Å². The molecule has 11 heavy (non-hydrogen) atoms. The summed E-state index contributed by atoms with van der Waals surface area (Å²) in [5.74, 6) is 0. The van der Waals surface area contributed by atoms with Crippen LogP contribution in [0.4, 0.5) is 0 Å². The normalized spacial score (nSPS) is 12.5. The molecular weight excluding hydrogens is 140 g/mol. The lowest BCUT2D eigenvalue weighted by atomic mass is 10.3. The summed E-state index contributed by atoms with van der Waals surface area (Å²) >= 11 is 0. The summed E-state index contributed by atoms with van der Waals surface area (Å²) in [5, 5.41) is 3.98. The molecule has 0 N–H and O–H groups in total. The number of aromatic nitrogens is 2. The Morgan fingerprint density at radius 3 is 3.00 bits per heavy atom. The molecule has 0 aliphatic heterocycles. The summed E-state index contributed by atoms with van der Waals surface area (Å²) < 4.78 is 1.69. The van der Waals surface area contributed by atoms with Crippen molar-refractivity contribution in [3.63, 3.8) is 0 Å². The molecular formula is C8H10N2O. The molecule has 0 aliphatic carbocycles. The van der Waals surface area contributed by atoms with Gasteiger partial charge in [-0.3, -0.25) is 9.48 Å². The predicted molar refractivity (Wildman–Crippen MR) is 42.5 cm³/mol. The lowest BCUT2D eigenvalue weighted by Gasteiger charge is -2.03. The summed E-state index contributed by atoms with van der Waals surface area (Å²) in [6.45, 7) is 5.58. The van der Waals surface area contributed by atoms with Crippen LogP contribution in [-0.4, -0.2) is 16.1 Å². The molecule has 1 unspecified atom stereocenters. The van der Waals surface area contributed by atoms with Crippen molar-refractivity contribution < 1.29 is 4.79 Å². The third-order valence-corrected chi connectivity index (χ3v) is 1.51. The van der Waals surface area contributed by atoms with Gasteiger partial charge in [-0.1, -0.05) is 6.08 Å². The Bertz CT molecular complexity index is 265. The van der Waals surface area contributed by atoms with Gasteiger partial charge in [0.25, 0.3) is 0 Å². The van der Waals surface area contributed by atoms with Crippen molar-refractivity contribution >= 4 is 6.29 Å². The van der Waals surface area contributed by atoms with Crippen LogP contribution < -0.4 is 0 Å². The highest BCUT2D eigenvalue weighted by Crippen LogP contribution is 2.04. The summed E-state index contributed by atoms with van der Waals surface area (Å²) in [4.78, 5) is 10.2. The van der Waals surface area contributed by atoms with E-state index in [1.54, 1.807) is 23.0 Å². The van der Waals surface area contributed by atoms with Gasteiger partial charge in [0.1, 0.15) is 5.69 Å². The maximum atomic E-state index is 10.2. The number of hydrogen-bond donors (Lipinski definition) is 0. The second kappa shape index (κ2) is 3.14. The minimum Gasteiger partial charge on any atom is -0.296 e. The largest absolute Gasteiger partial charge is 0.296 e. The molecule has 1 atom stereocenters. The van der Waals surface area contributed by atoms with Gasteiger partial charge in [0.05, 0.1) is 6.04 Å². The highest BCUT2D eigenvalue weighted by Gasteiger charge is 2.00. The SMILES string of the molecule is C=CC(C)n1ccc(C=O)n1. The van der Waals surface area contributed by atoms with Crippen LogP contribution in [0.3, 0.4) is 0 Å². The predicted octanol–water partition coefficient (Wildman–Crippen LogP) is 1.44. The average Bonchev–Trinajstić information content (AvgIpc) is 2.50. The van der Waals surface area contributed by atoms with Crippen molar-refractivity contribution in [2.75, 3.05) is 0 Å². The Hall–Kier alpha value is -1.38. The summed E-state index contributed by atoms with van der Waals surface area (Å²) in [6.07, 6.45) is 4.25. The van der Waals surface area contributed by atoms with Crippen LogP contribution in [0.25, 0.3) is 0 Å². The van der Waals surface area contributed by atoms with Crippen molar-refractivity contribution in [1.29, 1.82) is 0 Å². The molecule has 1 aromatic heterocycles. The fourth-order valence-corrected chi connectivity index (χ4v) is 0.750. The summed E-state index contributed by atoms with van der Waals surface area (Å²) in [5.41, 5.74) is 0.457. The van der Waals surface area contributed by atoms with E-state index < -0.39 is 0 Å². The Morgan fingerprint density at radius 2 is 2.55 bits per heavy atom. The van der Waals surface area contributed by atoms with E-state index in [2.05, 4.69) is 11.7 Å². The highest BCUT2D eigenvalue weighted by molar-refractivity contribution is 5.71. The van der Waals surface area contributed by atoms with E-state index in [4.69, 9.17) is 0 Å². The molecule has 0 spiro atoms. The summed E-state index contributed by atoms with van der Waals surface area (Å²) in [6, 6.07) is 1.82. The molecule has 1 heterocycles. The van der Waals surface area contributed by atoms with Gasteiger partial charge >= 0.3 is 0 Å². The molecule has 0 aliphatic rings. The number of carbonyl (C=O) groups is 1. The summed E-state index contributed by atoms with van der Waals surface area (Å²) in [7, 11) is 0. The smallest absolute Gasteiger partial charge is 0.170 e. The van der Waals surface area contributed by atoms with Gasteiger partial charge in [0.15, 0.2) is 6.29 Å². The van der Waals surface area contributed by atoms with Crippen LogP contribution >= 0.6 is 0 Å². The van der Waals surface area contributed by atoms with Crippen LogP contribution in [0.1, 0.15) is 23.5 Å². The van der Waals surface area contributed by atoms with Gasteiger partial charge in [0, 0.05) is 6.20 Å². The molecule has 3 nitrogen and oxygen atoms in total. The lowest BCUT2D eigenvalue weighted by Crippen LogP contribution is -2.02. The number of carbonyl (C=O) groups excluding carboxylic acids is 1. The van der Waals surface area contributed by atoms with Gasteiger partial charge in [-0.25, -0.2) is 0 Å². The van der Waals surface area contributed by atoms with Crippen LogP contribution in [0.2, 0.25) is 0 Å². The molecule has 0 radical (unpaired) electrons. The van der Waals surface area contributed by atoms with E-state index in [-0.39, 0.29) is 6.04 Å². The Morgan fingerprint density at radius 1 is 1.82 bits per heavy atom. The first-order valence-electron chi connectivity index (χ1n) is 3.41. The molecule has 1 rings (SSSR count). The molecule has 0 bridgehead atoms. The first-order valence-corrected chi connectivity index (χ1v) is 3.41. The van der Waals surface area contributed by atoms with Gasteiger partial charge in [-0.05, 0) is 13.0 Å². The van der Waals surface area contributed by atoms with Crippen molar-refractivity contribution in [1.82, 2.24) is 9.78 Å². The lowest BCUT2D eigenvalue weighted by molar-refractivity contribution is 0.111. The van der Waals surface area contributed by atoms with Gasteiger partial charge in [-0.15, -0.1) is 6.58 Å². The zero-order valence-corrected chi connectivity index (χ0v) is 6.40. The molecule has 0 saturated carbocycles. The Balaban J connectivity index is 2.87. The van der Waals surface area contributed by atoms with Gasteiger partial charge in [-0.2, -0.15) is 5.10 Å². The van der Waals surface area contributed by atoms with Crippen molar-refractivity contribution in [2.45, 2.75) is 13.0 Å². The van der Waals surface area contributed by atoms with Crippen molar-refractivity contribution in [2.24, 2.45) is 0 Å². The third-order valence-electron chi connectivity index (χ3n) is 1.51. The fourth-order valence-electron chi connectivity index (χ4n) is 0.750. The Labute approximate surface area is 65.3 Å². The molecule has 0 aromatic carbocycles. The maximum Gasteiger partial charge on any atom is 0.170 e. The monoisotopic (exact) mass is 150 g/mol. The Kier molecular flexibility index (Phi) is 2.21. The number of hydrogen-bond acceptors (Lipinski definition) is 2. The van der Waals surface area contributed by atoms with E-state index in [1.165, 1.54) is 0 Å². The topological polar surface area (TPSA) is 34.9 Å². The first kappa shape index (κ1) is 7.72.